The van der Waals surface area contributed by atoms with Gasteiger partial charge in [0.2, 0.25) is 5.91 Å². The summed E-state index contributed by atoms with van der Waals surface area (Å²) in [7, 11) is 0. The number of carbonyl (C=O) groups excluding carboxylic acids is 1. The number of likely N-dealkylation sites (tertiary alicyclic amines) is 1. The minimum absolute atomic E-state index is 0.0755. The third kappa shape index (κ3) is 4.36. The third-order valence-corrected chi connectivity index (χ3v) is 6.12. The molecule has 6 heteroatoms. The molecule has 2 N–H and O–H groups in total. The van der Waals surface area contributed by atoms with Crippen LogP contribution in [0.15, 0.2) is 30.5 Å². The highest BCUT2D eigenvalue weighted by molar-refractivity contribution is 6.30. The van der Waals surface area contributed by atoms with E-state index in [4.69, 9.17) is 11.6 Å². The van der Waals surface area contributed by atoms with Crippen LogP contribution >= 0.6 is 11.6 Å². The Kier molecular flexibility index (Phi) is 5.79. The Morgan fingerprint density at radius 3 is 2.74 bits per heavy atom. The van der Waals surface area contributed by atoms with E-state index in [0.717, 1.165) is 61.0 Å². The second-order valence-corrected chi connectivity index (χ2v) is 8.10. The summed E-state index contributed by atoms with van der Waals surface area (Å²) in [5, 5.41) is 4.11. The van der Waals surface area contributed by atoms with Crippen molar-refractivity contribution in [3.63, 3.8) is 0 Å². The lowest BCUT2D eigenvalue weighted by Gasteiger charge is -2.26. The van der Waals surface area contributed by atoms with Gasteiger partial charge in [0.25, 0.3) is 0 Å². The zero-order chi connectivity index (χ0) is 18.6. The number of rotatable bonds is 5. The van der Waals surface area contributed by atoms with Gasteiger partial charge in [-0.2, -0.15) is 0 Å². The molecule has 2 aliphatic rings. The van der Waals surface area contributed by atoms with Crippen molar-refractivity contribution in [3.8, 4) is 11.3 Å². The Bertz CT molecular complexity index is 767. The number of hydrogen-bond donors (Lipinski definition) is 2. The maximum Gasteiger partial charge on any atom is 0.223 e. The van der Waals surface area contributed by atoms with Crippen molar-refractivity contribution in [1.82, 2.24) is 20.2 Å². The van der Waals surface area contributed by atoms with Crippen molar-refractivity contribution in [2.75, 3.05) is 19.6 Å². The van der Waals surface area contributed by atoms with E-state index < -0.39 is 0 Å². The number of aromatic amines is 1. The van der Waals surface area contributed by atoms with Gasteiger partial charge in [-0.25, -0.2) is 4.98 Å². The summed E-state index contributed by atoms with van der Waals surface area (Å²) in [6.45, 7) is 3.02. The fourth-order valence-corrected chi connectivity index (χ4v) is 4.40. The first kappa shape index (κ1) is 18.5. The van der Waals surface area contributed by atoms with Crippen LogP contribution < -0.4 is 5.32 Å². The number of carbonyl (C=O) groups is 1. The lowest BCUT2D eigenvalue weighted by Crippen LogP contribution is -2.32. The van der Waals surface area contributed by atoms with Crippen LogP contribution in [0, 0.1) is 5.92 Å². The summed E-state index contributed by atoms with van der Waals surface area (Å²) in [6.07, 6.45) is 7.94. The summed E-state index contributed by atoms with van der Waals surface area (Å²) >= 11 is 5.97. The first-order valence-electron chi connectivity index (χ1n) is 10.0. The van der Waals surface area contributed by atoms with Crippen molar-refractivity contribution in [3.05, 3.63) is 41.3 Å². The molecule has 0 bridgehead atoms. The number of nitrogens with zero attached hydrogens (tertiary/aromatic N) is 2. The summed E-state index contributed by atoms with van der Waals surface area (Å²) in [5.41, 5.74) is 2.02. The van der Waals surface area contributed by atoms with Crippen molar-refractivity contribution < 1.29 is 4.79 Å². The Balaban J connectivity index is 1.40. The van der Waals surface area contributed by atoms with E-state index in [1.807, 2.05) is 35.4 Å². The van der Waals surface area contributed by atoms with E-state index in [1.165, 1.54) is 12.8 Å². The zero-order valence-electron chi connectivity index (χ0n) is 15.6. The molecule has 0 radical (unpaired) electrons. The lowest BCUT2D eigenvalue weighted by atomic mass is 9.93. The number of imidazole rings is 1. The van der Waals surface area contributed by atoms with Crippen LogP contribution in [0.4, 0.5) is 0 Å². The summed E-state index contributed by atoms with van der Waals surface area (Å²) in [5.74, 6) is 1.87. The molecule has 0 saturated carbocycles. The Labute approximate surface area is 165 Å². The molecule has 3 heterocycles. The summed E-state index contributed by atoms with van der Waals surface area (Å²) in [4.78, 5) is 22.9. The van der Waals surface area contributed by atoms with Crippen LogP contribution in [0.2, 0.25) is 5.02 Å². The van der Waals surface area contributed by atoms with Gasteiger partial charge in [-0.3, -0.25) is 4.79 Å². The number of amides is 1. The van der Waals surface area contributed by atoms with E-state index in [1.54, 1.807) is 0 Å². The van der Waals surface area contributed by atoms with Crippen LogP contribution in [0.1, 0.15) is 50.4 Å². The molecule has 2 fully saturated rings. The van der Waals surface area contributed by atoms with E-state index in [0.29, 0.717) is 12.3 Å². The smallest absolute Gasteiger partial charge is 0.223 e. The number of nitrogens with one attached hydrogen (secondary N) is 2. The van der Waals surface area contributed by atoms with Crippen LogP contribution in [0.5, 0.6) is 0 Å². The quantitative estimate of drug-likeness (QED) is 0.810. The topological polar surface area (TPSA) is 61.0 Å². The number of benzene rings is 1. The van der Waals surface area contributed by atoms with Gasteiger partial charge < -0.3 is 15.2 Å². The van der Waals surface area contributed by atoms with E-state index in [2.05, 4.69) is 15.3 Å². The third-order valence-electron chi connectivity index (χ3n) is 5.86. The molecule has 0 spiro atoms. The van der Waals surface area contributed by atoms with Crippen LogP contribution in [-0.2, 0) is 4.79 Å². The molecule has 2 aromatic rings. The highest BCUT2D eigenvalue weighted by Crippen LogP contribution is 2.33. The first-order chi connectivity index (χ1) is 13.2. The average Bonchev–Trinajstić information content (AvgIpc) is 3.37. The maximum atomic E-state index is 12.8. The molecule has 0 aliphatic carbocycles. The van der Waals surface area contributed by atoms with Gasteiger partial charge in [-0.05, 0) is 68.8 Å². The Hall–Kier alpha value is -1.85. The fraction of sp³-hybridized carbons (Fsp3) is 0.524. The fourth-order valence-electron chi connectivity index (χ4n) is 4.27. The molecular formula is C21H27ClN4O. The van der Waals surface area contributed by atoms with Gasteiger partial charge in [0.05, 0.1) is 17.9 Å². The van der Waals surface area contributed by atoms with Crippen molar-refractivity contribution in [2.24, 2.45) is 5.92 Å². The van der Waals surface area contributed by atoms with Gasteiger partial charge in [0, 0.05) is 18.0 Å². The number of aromatic nitrogens is 2. The molecule has 1 aromatic carbocycles. The monoisotopic (exact) mass is 386 g/mol. The molecule has 1 amide bonds. The zero-order valence-corrected chi connectivity index (χ0v) is 16.3. The molecule has 1 unspecified atom stereocenters. The van der Waals surface area contributed by atoms with Gasteiger partial charge in [0.15, 0.2) is 0 Å². The van der Waals surface area contributed by atoms with Crippen LogP contribution in [0.3, 0.4) is 0 Å². The largest absolute Gasteiger partial charge is 0.340 e. The second kappa shape index (κ2) is 8.44. The lowest BCUT2D eigenvalue weighted by molar-refractivity contribution is -0.132. The average molecular weight is 387 g/mol. The normalized spacial score (nSPS) is 20.9. The van der Waals surface area contributed by atoms with E-state index >= 15 is 0 Å². The van der Waals surface area contributed by atoms with E-state index in [-0.39, 0.29) is 11.9 Å². The Morgan fingerprint density at radius 1 is 1.19 bits per heavy atom. The molecule has 4 rings (SSSR count). The predicted molar refractivity (Wildman–Crippen MR) is 108 cm³/mol. The van der Waals surface area contributed by atoms with Crippen molar-refractivity contribution in [1.29, 1.82) is 0 Å². The minimum atomic E-state index is 0.0755. The predicted octanol–water partition coefficient (Wildman–Crippen LogP) is 4.17. The van der Waals surface area contributed by atoms with E-state index in [9.17, 15) is 4.79 Å². The maximum absolute atomic E-state index is 12.8. The second-order valence-electron chi connectivity index (χ2n) is 7.67. The minimum Gasteiger partial charge on any atom is -0.340 e. The van der Waals surface area contributed by atoms with Gasteiger partial charge in [-0.15, -0.1) is 0 Å². The number of hydrogen-bond acceptors (Lipinski definition) is 3. The summed E-state index contributed by atoms with van der Waals surface area (Å²) < 4.78 is 0. The standard InChI is InChI=1S/C21H27ClN4O/c22-17-6-4-16(5-7-17)18-14-24-21(25-18)19-2-1-13-26(19)20(27)8-3-15-9-11-23-12-10-15/h4-7,14-15,19,23H,1-3,8-13H2,(H,24,25). The molecular weight excluding hydrogens is 360 g/mol. The SMILES string of the molecule is O=C(CCC1CCNCC1)N1CCCC1c1ncc(-c2ccc(Cl)cc2)[nH]1. The summed E-state index contributed by atoms with van der Waals surface area (Å²) in [6, 6.07) is 7.80. The van der Waals surface area contributed by atoms with Crippen molar-refractivity contribution >= 4 is 17.5 Å². The molecule has 27 heavy (non-hydrogen) atoms. The molecule has 5 nitrogen and oxygen atoms in total. The highest BCUT2D eigenvalue weighted by atomic mass is 35.5. The molecule has 144 valence electrons. The number of H-pyrrole nitrogens is 1. The number of halogens is 1. The van der Waals surface area contributed by atoms with Gasteiger partial charge >= 0.3 is 0 Å². The van der Waals surface area contributed by atoms with Gasteiger partial charge in [0.1, 0.15) is 5.82 Å². The van der Waals surface area contributed by atoms with Crippen LogP contribution in [-0.4, -0.2) is 40.4 Å². The first-order valence-corrected chi connectivity index (χ1v) is 10.4. The number of piperidine rings is 1. The van der Waals surface area contributed by atoms with Gasteiger partial charge in [-0.1, -0.05) is 23.7 Å². The Morgan fingerprint density at radius 2 is 1.96 bits per heavy atom. The molecule has 1 aromatic heterocycles. The highest BCUT2D eigenvalue weighted by Gasteiger charge is 2.32. The molecule has 1 atom stereocenters. The molecule has 2 saturated heterocycles. The van der Waals surface area contributed by atoms with Crippen molar-refractivity contribution in [2.45, 2.75) is 44.6 Å². The van der Waals surface area contributed by atoms with Crippen LogP contribution in [0.25, 0.3) is 11.3 Å². The molecule has 2 aliphatic heterocycles.